The van der Waals surface area contributed by atoms with Crippen molar-refractivity contribution in [3.63, 3.8) is 0 Å². The predicted molar refractivity (Wildman–Crippen MR) is 84.7 cm³/mol. The fraction of sp³-hybridized carbons (Fsp3) is 0.400. The predicted octanol–water partition coefficient (Wildman–Crippen LogP) is 3.57. The fourth-order valence-electron chi connectivity index (χ4n) is 2.58. The van der Waals surface area contributed by atoms with Crippen LogP contribution < -0.4 is 10.5 Å². The molecule has 0 saturated heterocycles. The number of thioether (sulfide) groups is 1. The molecule has 1 aliphatic rings. The molecule has 3 nitrogen and oxygen atoms in total. The minimum Gasteiger partial charge on any atom is -0.497 e. The van der Waals surface area contributed by atoms with Crippen LogP contribution in [0.3, 0.4) is 0 Å². The summed E-state index contributed by atoms with van der Waals surface area (Å²) in [4.78, 5) is 4.53. The standard InChI is InChI=1S/C15H18N2OS2/c1-9-8-19-15(17-9)20-13-6-3-10-7-11(18-2)4-5-12(10)14(13)16/h4-5,7-8,13-14H,3,6,16H2,1-2H3. The molecule has 0 radical (unpaired) electrons. The van der Waals surface area contributed by atoms with Gasteiger partial charge in [0.1, 0.15) is 10.1 Å². The molecule has 1 aliphatic carbocycles. The second-order valence-electron chi connectivity index (χ2n) is 5.04. The summed E-state index contributed by atoms with van der Waals surface area (Å²) in [6.45, 7) is 2.03. The van der Waals surface area contributed by atoms with Crippen molar-refractivity contribution in [3.8, 4) is 5.75 Å². The first-order valence-electron chi connectivity index (χ1n) is 6.68. The van der Waals surface area contributed by atoms with E-state index in [9.17, 15) is 0 Å². The molecule has 0 amide bonds. The van der Waals surface area contributed by atoms with Gasteiger partial charge in [-0.1, -0.05) is 17.8 Å². The van der Waals surface area contributed by atoms with Gasteiger partial charge >= 0.3 is 0 Å². The molecule has 0 spiro atoms. The van der Waals surface area contributed by atoms with E-state index in [4.69, 9.17) is 10.5 Å². The highest BCUT2D eigenvalue weighted by Gasteiger charge is 2.28. The van der Waals surface area contributed by atoms with Crippen molar-refractivity contribution in [1.82, 2.24) is 4.98 Å². The number of nitrogens with two attached hydrogens (primary N) is 1. The number of hydrogen-bond acceptors (Lipinski definition) is 5. The Balaban J connectivity index is 1.80. The Hall–Kier alpha value is -1.04. The number of fused-ring (bicyclic) bond motifs is 1. The number of ether oxygens (including phenoxy) is 1. The lowest BCUT2D eigenvalue weighted by Crippen LogP contribution is -2.29. The molecule has 2 unspecified atom stereocenters. The maximum Gasteiger partial charge on any atom is 0.150 e. The van der Waals surface area contributed by atoms with E-state index in [0.29, 0.717) is 5.25 Å². The lowest BCUT2D eigenvalue weighted by molar-refractivity contribution is 0.413. The second kappa shape index (κ2) is 5.76. The first-order valence-corrected chi connectivity index (χ1v) is 8.44. The molecule has 0 saturated carbocycles. The molecule has 0 fully saturated rings. The summed E-state index contributed by atoms with van der Waals surface area (Å²) in [5.41, 5.74) is 10.1. The third-order valence-electron chi connectivity index (χ3n) is 3.66. The molecule has 1 heterocycles. The van der Waals surface area contributed by atoms with E-state index >= 15 is 0 Å². The van der Waals surface area contributed by atoms with Crippen LogP contribution in [-0.4, -0.2) is 17.3 Å². The molecule has 20 heavy (non-hydrogen) atoms. The Morgan fingerprint density at radius 3 is 3.00 bits per heavy atom. The number of thiazole rings is 1. The monoisotopic (exact) mass is 306 g/mol. The Labute approximate surface area is 127 Å². The summed E-state index contributed by atoms with van der Waals surface area (Å²) >= 11 is 3.53. The topological polar surface area (TPSA) is 48.1 Å². The van der Waals surface area contributed by atoms with Crippen LogP contribution >= 0.6 is 23.1 Å². The van der Waals surface area contributed by atoms with E-state index in [1.54, 1.807) is 18.4 Å². The van der Waals surface area contributed by atoms with Gasteiger partial charge in [0.2, 0.25) is 0 Å². The zero-order valence-electron chi connectivity index (χ0n) is 11.6. The van der Waals surface area contributed by atoms with Gasteiger partial charge in [0, 0.05) is 22.4 Å². The number of methoxy groups -OCH3 is 1. The van der Waals surface area contributed by atoms with Crippen molar-refractivity contribution < 1.29 is 4.74 Å². The first-order chi connectivity index (χ1) is 9.67. The number of nitrogens with zero attached hydrogens (tertiary/aromatic N) is 1. The van der Waals surface area contributed by atoms with Gasteiger partial charge in [-0.25, -0.2) is 4.98 Å². The average Bonchev–Trinajstić information content (AvgIpc) is 2.87. The third-order valence-corrected chi connectivity index (χ3v) is 6.11. The van der Waals surface area contributed by atoms with E-state index < -0.39 is 0 Å². The molecule has 3 rings (SSSR count). The molecular formula is C15H18N2OS2. The number of aromatic nitrogens is 1. The normalized spacial score (nSPS) is 21.6. The summed E-state index contributed by atoms with van der Waals surface area (Å²) in [6.07, 6.45) is 2.15. The minimum absolute atomic E-state index is 0.0684. The number of aryl methyl sites for hydroxylation is 2. The SMILES string of the molecule is COc1ccc2c(c1)CCC(Sc1nc(C)cs1)C2N. The lowest BCUT2D eigenvalue weighted by Gasteiger charge is -2.30. The molecule has 0 aliphatic heterocycles. The maximum atomic E-state index is 6.45. The second-order valence-corrected chi connectivity index (χ2v) is 7.38. The van der Waals surface area contributed by atoms with Crippen molar-refractivity contribution in [3.05, 3.63) is 40.4 Å². The summed E-state index contributed by atoms with van der Waals surface area (Å²) in [5.74, 6) is 0.914. The van der Waals surface area contributed by atoms with Crippen LogP contribution in [0.25, 0.3) is 0 Å². The summed E-state index contributed by atoms with van der Waals surface area (Å²) in [7, 11) is 1.70. The van der Waals surface area contributed by atoms with E-state index in [-0.39, 0.29) is 6.04 Å². The van der Waals surface area contributed by atoms with Crippen molar-refractivity contribution in [1.29, 1.82) is 0 Å². The number of rotatable bonds is 3. The van der Waals surface area contributed by atoms with Crippen molar-refractivity contribution >= 4 is 23.1 Å². The van der Waals surface area contributed by atoms with Gasteiger partial charge in [0.15, 0.2) is 0 Å². The van der Waals surface area contributed by atoms with Gasteiger partial charge in [-0.2, -0.15) is 0 Å². The fourth-order valence-corrected chi connectivity index (χ4v) is 4.82. The van der Waals surface area contributed by atoms with Gasteiger partial charge < -0.3 is 10.5 Å². The summed E-state index contributed by atoms with van der Waals surface area (Å²) in [5, 5.41) is 2.50. The number of benzene rings is 1. The Morgan fingerprint density at radius 2 is 2.30 bits per heavy atom. The van der Waals surface area contributed by atoms with Gasteiger partial charge in [0.05, 0.1) is 7.11 Å². The van der Waals surface area contributed by atoms with Gasteiger partial charge in [-0.3, -0.25) is 0 Å². The maximum absolute atomic E-state index is 6.45. The number of hydrogen-bond donors (Lipinski definition) is 1. The summed E-state index contributed by atoms with van der Waals surface area (Å²) in [6, 6.07) is 6.29. The van der Waals surface area contributed by atoms with Crippen molar-refractivity contribution in [2.24, 2.45) is 5.73 Å². The van der Waals surface area contributed by atoms with E-state index in [2.05, 4.69) is 22.5 Å². The zero-order chi connectivity index (χ0) is 14.1. The van der Waals surface area contributed by atoms with Gasteiger partial charge in [-0.05, 0) is 43.0 Å². The van der Waals surface area contributed by atoms with Crippen LogP contribution in [0.5, 0.6) is 5.75 Å². The highest BCUT2D eigenvalue weighted by Crippen LogP contribution is 2.40. The van der Waals surface area contributed by atoms with E-state index in [1.807, 2.05) is 24.8 Å². The molecule has 106 valence electrons. The molecular weight excluding hydrogens is 288 g/mol. The Morgan fingerprint density at radius 1 is 1.45 bits per heavy atom. The quantitative estimate of drug-likeness (QED) is 0.942. The highest BCUT2D eigenvalue weighted by atomic mass is 32.2. The molecule has 2 atom stereocenters. The smallest absolute Gasteiger partial charge is 0.150 e. The van der Waals surface area contributed by atoms with E-state index in [0.717, 1.165) is 28.6 Å². The van der Waals surface area contributed by atoms with Crippen LogP contribution in [0.1, 0.15) is 29.3 Å². The van der Waals surface area contributed by atoms with Crippen LogP contribution in [0, 0.1) is 6.92 Å². The molecule has 1 aromatic heterocycles. The first kappa shape index (κ1) is 13.9. The van der Waals surface area contributed by atoms with Crippen LogP contribution in [0.4, 0.5) is 0 Å². The van der Waals surface area contributed by atoms with Crippen LogP contribution in [0.15, 0.2) is 27.9 Å². The highest BCUT2D eigenvalue weighted by molar-refractivity contribution is 8.01. The molecule has 5 heteroatoms. The Kier molecular flexibility index (Phi) is 4.01. The molecule has 0 bridgehead atoms. The molecule has 2 aromatic rings. The molecule has 2 N–H and O–H groups in total. The van der Waals surface area contributed by atoms with Crippen LogP contribution in [-0.2, 0) is 6.42 Å². The largest absolute Gasteiger partial charge is 0.497 e. The lowest BCUT2D eigenvalue weighted by atomic mass is 9.87. The van der Waals surface area contributed by atoms with Gasteiger partial charge in [-0.15, -0.1) is 11.3 Å². The molecule has 1 aromatic carbocycles. The average molecular weight is 306 g/mol. The summed E-state index contributed by atoms with van der Waals surface area (Å²) < 4.78 is 6.41. The Bertz CT molecular complexity index is 612. The van der Waals surface area contributed by atoms with Crippen molar-refractivity contribution in [2.45, 2.75) is 35.4 Å². The van der Waals surface area contributed by atoms with Gasteiger partial charge in [0.25, 0.3) is 0 Å². The van der Waals surface area contributed by atoms with Crippen LogP contribution in [0.2, 0.25) is 0 Å². The zero-order valence-corrected chi connectivity index (χ0v) is 13.3. The van der Waals surface area contributed by atoms with Crippen molar-refractivity contribution in [2.75, 3.05) is 7.11 Å². The van der Waals surface area contributed by atoms with E-state index in [1.165, 1.54) is 11.1 Å². The third kappa shape index (κ3) is 2.71. The minimum atomic E-state index is 0.0684.